The van der Waals surface area contributed by atoms with Crippen molar-refractivity contribution in [3.05, 3.63) is 376 Å². The summed E-state index contributed by atoms with van der Waals surface area (Å²) in [7, 11) is 0. The van der Waals surface area contributed by atoms with Crippen molar-refractivity contribution in [3.8, 4) is 78.4 Å². The highest BCUT2D eigenvalue weighted by atomic mass is 16.3. The van der Waals surface area contributed by atoms with E-state index >= 15 is 0 Å². The normalized spacial score (nSPS) is 11.8. The first-order valence-corrected chi connectivity index (χ1v) is 34.6. The summed E-state index contributed by atoms with van der Waals surface area (Å²) >= 11 is 0. The minimum atomic E-state index is 0.917. The Hall–Kier alpha value is -13.5. The molecule has 0 spiro atoms. The monoisotopic (exact) mass is 1290 g/mol. The molecule has 0 aliphatic carbocycles. The summed E-state index contributed by atoms with van der Waals surface area (Å²) in [5.41, 5.74) is 28.1. The highest BCUT2D eigenvalue weighted by Crippen LogP contribution is 2.43. The van der Waals surface area contributed by atoms with Crippen LogP contribution in [-0.2, 0) is 0 Å². The largest absolute Gasteiger partial charge is 0.455 e. The van der Waals surface area contributed by atoms with E-state index in [0.29, 0.717) is 0 Å². The van der Waals surface area contributed by atoms with E-state index in [1.165, 1.54) is 137 Å². The van der Waals surface area contributed by atoms with Crippen LogP contribution in [-0.4, -0.2) is 18.3 Å². The molecule has 0 aliphatic heterocycles. The Kier molecular flexibility index (Phi) is 13.5. The van der Waals surface area contributed by atoms with Crippen LogP contribution in [0.4, 0.5) is 0 Å². The number of hydrogen-bond donors (Lipinski definition) is 0. The molecular formula is C96H62N4O. The van der Waals surface area contributed by atoms with Gasteiger partial charge >= 0.3 is 0 Å². The van der Waals surface area contributed by atoms with Gasteiger partial charge in [-0.25, -0.2) is 0 Å². The van der Waals surface area contributed by atoms with Crippen molar-refractivity contribution in [2.75, 3.05) is 0 Å². The third-order valence-corrected chi connectivity index (χ3v) is 20.7. The molecule has 5 aromatic heterocycles. The maximum atomic E-state index is 6.36. The second-order valence-corrected chi connectivity index (χ2v) is 26.3. The molecule has 0 aliphatic rings. The van der Waals surface area contributed by atoms with Gasteiger partial charge in [0.1, 0.15) is 11.2 Å². The van der Waals surface area contributed by atoms with E-state index in [-0.39, 0.29) is 0 Å². The topological polar surface area (TPSA) is 32.9 Å². The number of hydrogen-bond acceptors (Lipinski definition) is 1. The minimum Gasteiger partial charge on any atom is -0.455 e. The van der Waals surface area contributed by atoms with Crippen molar-refractivity contribution in [3.63, 3.8) is 0 Å². The van der Waals surface area contributed by atoms with Crippen molar-refractivity contribution in [1.82, 2.24) is 18.3 Å². The first-order valence-electron chi connectivity index (χ1n) is 34.6. The van der Waals surface area contributed by atoms with Crippen LogP contribution in [0.3, 0.4) is 0 Å². The van der Waals surface area contributed by atoms with Gasteiger partial charge in [-0.15, -0.1) is 0 Å². The molecule has 5 nitrogen and oxygen atoms in total. The highest BCUT2D eigenvalue weighted by molar-refractivity contribution is 6.16. The van der Waals surface area contributed by atoms with Crippen molar-refractivity contribution in [2.45, 2.75) is 0 Å². The molecule has 0 fully saturated rings. The zero-order valence-corrected chi connectivity index (χ0v) is 55.0. The molecule has 0 saturated carbocycles. The lowest BCUT2D eigenvalue weighted by molar-refractivity contribution is 0.670. The molecule has 21 rings (SSSR count). The van der Waals surface area contributed by atoms with E-state index in [9.17, 15) is 0 Å². The lowest BCUT2D eigenvalue weighted by Gasteiger charge is -2.11. The van der Waals surface area contributed by atoms with Gasteiger partial charge in [-0.2, -0.15) is 0 Å². The fourth-order valence-electron chi connectivity index (χ4n) is 16.0. The number of para-hydroxylation sites is 7. The van der Waals surface area contributed by atoms with Crippen molar-refractivity contribution in [2.24, 2.45) is 0 Å². The molecular weight excluding hydrogens is 1230 g/mol. The van der Waals surface area contributed by atoms with E-state index < -0.39 is 0 Å². The predicted octanol–water partition coefficient (Wildman–Crippen LogP) is 26.0. The lowest BCUT2D eigenvalue weighted by atomic mass is 10.0. The molecule has 5 heteroatoms. The molecule has 21 aromatic rings. The van der Waals surface area contributed by atoms with E-state index in [2.05, 4.69) is 382 Å². The predicted molar refractivity (Wildman–Crippen MR) is 425 cm³/mol. The number of nitrogens with zero attached hydrogens (tertiary/aromatic N) is 4. The van der Waals surface area contributed by atoms with Gasteiger partial charge in [0.2, 0.25) is 0 Å². The smallest absolute Gasteiger partial charge is 0.143 e. The zero-order valence-electron chi connectivity index (χ0n) is 55.0. The van der Waals surface area contributed by atoms with Gasteiger partial charge in [0.15, 0.2) is 0 Å². The van der Waals surface area contributed by atoms with Crippen molar-refractivity contribution in [1.29, 1.82) is 0 Å². The molecule has 0 unspecified atom stereocenters. The first kappa shape index (κ1) is 57.7. The number of aromatic nitrogens is 4. The summed E-state index contributed by atoms with van der Waals surface area (Å²) in [6.45, 7) is 0. The Balaban J connectivity index is 0.000000136. The number of rotatable bonds is 9. The summed E-state index contributed by atoms with van der Waals surface area (Å²) in [5.74, 6) is 0. The molecule has 0 saturated heterocycles. The van der Waals surface area contributed by atoms with E-state index in [1.807, 2.05) is 12.1 Å². The molecule has 472 valence electrons. The Morgan fingerprint density at radius 2 is 0.446 bits per heavy atom. The molecule has 0 atom stereocenters. The van der Waals surface area contributed by atoms with Crippen LogP contribution in [0.25, 0.3) is 188 Å². The highest BCUT2D eigenvalue weighted by Gasteiger charge is 2.21. The quantitative estimate of drug-likeness (QED) is 0.142. The maximum absolute atomic E-state index is 6.36. The minimum absolute atomic E-state index is 0.917. The molecule has 0 amide bonds. The van der Waals surface area contributed by atoms with Crippen LogP contribution in [0.2, 0.25) is 0 Å². The van der Waals surface area contributed by atoms with Gasteiger partial charge in [0, 0.05) is 82.2 Å². The first-order chi connectivity index (χ1) is 50.1. The van der Waals surface area contributed by atoms with Crippen LogP contribution in [0.1, 0.15) is 0 Å². The maximum Gasteiger partial charge on any atom is 0.143 e. The molecule has 16 aromatic carbocycles. The second-order valence-electron chi connectivity index (χ2n) is 26.3. The molecule has 0 bridgehead atoms. The SMILES string of the molecule is c1ccc(-c2ccc(-n3c4ccccc4c4cc(-c5ccc6c(c5)c5ccccc5n6-c5cccc(-c6ccccc6)c5)ccc43)cc2)cc1.c1ccc(-n2c3ccccc3c3cc(-c4ccc5c(c4)c4ccccc4n5-c4ccc(-c5cccc6c5oc5ccccc56)cc4)ccc32)cc1. The van der Waals surface area contributed by atoms with Gasteiger partial charge in [-0.1, -0.05) is 249 Å². The standard InChI is InChI=1S/C48H30N2O.C48H32N2/c1-2-11-34(12-3-1)49-43-18-7-4-13-37(43)41-29-32(23-27-45(41)49)33-24-28-46-42(30-33)38-14-5-8-19-44(38)50(46)35-25-21-31(22-26-35)36-16-10-17-40-39-15-6-9-20-47(39)51-48(36)40;1-3-12-33(13-4-1)35-22-26-39(27-23-35)49-45-20-9-7-18-41(45)43-31-37(24-28-47(43)49)38-25-29-48-44(32-38)42-19-8-10-21-46(42)50(48)40-17-11-16-36(30-40)34-14-5-2-6-15-34/h1-30H;1-32H. The summed E-state index contributed by atoms with van der Waals surface area (Å²) in [5, 5.41) is 12.3. The van der Waals surface area contributed by atoms with E-state index in [4.69, 9.17) is 4.42 Å². The third-order valence-electron chi connectivity index (χ3n) is 20.7. The fraction of sp³-hybridized carbons (Fsp3) is 0. The Labute approximate surface area is 582 Å². The van der Waals surface area contributed by atoms with Gasteiger partial charge in [-0.3, -0.25) is 0 Å². The number of fused-ring (bicyclic) bond motifs is 15. The Bertz CT molecular complexity index is 6790. The molecule has 101 heavy (non-hydrogen) atoms. The van der Waals surface area contributed by atoms with Crippen molar-refractivity contribution >= 4 is 109 Å². The summed E-state index contributed by atoms with van der Waals surface area (Å²) in [6, 6.07) is 136. The number of benzene rings is 16. The van der Waals surface area contributed by atoms with Crippen LogP contribution >= 0.6 is 0 Å². The molecule has 5 heterocycles. The van der Waals surface area contributed by atoms with Gasteiger partial charge < -0.3 is 22.7 Å². The summed E-state index contributed by atoms with van der Waals surface area (Å²) in [4.78, 5) is 0. The second kappa shape index (κ2) is 23.7. The Morgan fingerprint density at radius 1 is 0.158 bits per heavy atom. The van der Waals surface area contributed by atoms with Crippen LogP contribution in [0.15, 0.2) is 381 Å². The summed E-state index contributed by atoms with van der Waals surface area (Å²) in [6.07, 6.45) is 0. The van der Waals surface area contributed by atoms with Crippen molar-refractivity contribution < 1.29 is 4.42 Å². The van der Waals surface area contributed by atoms with Gasteiger partial charge in [0.05, 0.1) is 44.1 Å². The third kappa shape index (κ3) is 9.62. The Morgan fingerprint density at radius 3 is 0.901 bits per heavy atom. The zero-order chi connectivity index (χ0) is 66.5. The van der Waals surface area contributed by atoms with Crippen LogP contribution < -0.4 is 0 Å². The average Bonchev–Trinajstić information content (AvgIpc) is 1.60. The van der Waals surface area contributed by atoms with Crippen LogP contribution in [0, 0.1) is 0 Å². The fourth-order valence-corrected chi connectivity index (χ4v) is 16.0. The van der Waals surface area contributed by atoms with E-state index in [1.54, 1.807) is 0 Å². The average molecular weight is 1290 g/mol. The molecule has 0 radical (unpaired) electrons. The van der Waals surface area contributed by atoms with Gasteiger partial charge in [-0.05, 0) is 177 Å². The lowest BCUT2D eigenvalue weighted by Crippen LogP contribution is -1.94. The van der Waals surface area contributed by atoms with E-state index in [0.717, 1.165) is 50.1 Å². The summed E-state index contributed by atoms with van der Waals surface area (Å²) < 4.78 is 15.9. The van der Waals surface area contributed by atoms with Gasteiger partial charge in [0.25, 0.3) is 0 Å². The molecule has 0 N–H and O–H groups in total. The van der Waals surface area contributed by atoms with Crippen LogP contribution in [0.5, 0.6) is 0 Å². The number of furan rings is 1.